The highest BCUT2D eigenvalue weighted by Gasteiger charge is 2.11. The van der Waals surface area contributed by atoms with Crippen molar-refractivity contribution in [2.45, 2.75) is 174 Å². The second-order valence-corrected chi connectivity index (χ2v) is 11.3. The Morgan fingerprint density at radius 2 is 1.02 bits per heavy atom. The van der Waals surface area contributed by atoms with E-state index in [4.69, 9.17) is 9.84 Å². The minimum Gasteiger partial charge on any atom is -0.481 e. The molecule has 4 nitrogen and oxygen atoms in total. The van der Waals surface area contributed by atoms with E-state index in [-0.39, 0.29) is 12.1 Å². The summed E-state index contributed by atoms with van der Waals surface area (Å²) < 4.78 is 5.72. The Bertz CT molecular complexity index is 704. The van der Waals surface area contributed by atoms with Gasteiger partial charge in [-0.05, 0) is 70.6 Å². The summed E-state index contributed by atoms with van der Waals surface area (Å²) in [6, 6.07) is 0. The molecule has 1 unspecified atom stereocenters. The zero-order chi connectivity index (χ0) is 30.1. The lowest BCUT2D eigenvalue weighted by Gasteiger charge is -2.16. The lowest BCUT2D eigenvalue weighted by molar-refractivity contribution is -0.149. The normalized spacial score (nSPS) is 12.8. The molecule has 0 aliphatic carbocycles. The fourth-order valence-corrected chi connectivity index (χ4v) is 4.76. The lowest BCUT2D eigenvalue weighted by atomic mass is 10.0. The third-order valence-corrected chi connectivity index (χ3v) is 7.38. The molecule has 0 aliphatic rings. The number of hydrogen-bond donors (Lipinski definition) is 1. The Balaban J connectivity index is 3.60. The van der Waals surface area contributed by atoms with Crippen LogP contribution in [-0.2, 0) is 14.3 Å². The number of carboxylic acid groups (broad SMARTS) is 1. The fourth-order valence-electron chi connectivity index (χ4n) is 4.76. The highest BCUT2D eigenvalue weighted by molar-refractivity contribution is 5.69. The van der Waals surface area contributed by atoms with Crippen LogP contribution in [0.2, 0.25) is 0 Å². The van der Waals surface area contributed by atoms with Crippen molar-refractivity contribution >= 4 is 11.9 Å². The zero-order valence-electron chi connectivity index (χ0n) is 26.8. The van der Waals surface area contributed by atoms with E-state index in [0.717, 1.165) is 70.6 Å². The molecule has 1 N–H and O–H groups in total. The number of carbonyl (C=O) groups is 2. The number of unbranched alkanes of at least 4 members (excludes halogenated alkanes) is 14. The predicted octanol–water partition coefficient (Wildman–Crippen LogP) is 11.6. The van der Waals surface area contributed by atoms with E-state index in [1.165, 1.54) is 70.6 Å². The van der Waals surface area contributed by atoms with E-state index in [9.17, 15) is 9.59 Å². The van der Waals surface area contributed by atoms with E-state index in [0.29, 0.717) is 12.8 Å². The van der Waals surface area contributed by atoms with Gasteiger partial charge in [-0.1, -0.05) is 133 Å². The van der Waals surface area contributed by atoms with Crippen LogP contribution >= 0.6 is 0 Å². The summed E-state index contributed by atoms with van der Waals surface area (Å²) in [5.74, 6) is -0.724. The van der Waals surface area contributed by atoms with Gasteiger partial charge in [-0.25, -0.2) is 0 Å². The molecule has 0 aliphatic heterocycles. The third-order valence-electron chi connectivity index (χ3n) is 7.38. The maximum atomic E-state index is 12.2. The van der Waals surface area contributed by atoms with E-state index < -0.39 is 5.97 Å². The summed E-state index contributed by atoms with van der Waals surface area (Å²) in [6.45, 7) is 4.35. The molecule has 0 saturated heterocycles. The van der Waals surface area contributed by atoms with Crippen LogP contribution in [0.4, 0.5) is 0 Å². The number of carboxylic acids is 1. The van der Waals surface area contributed by atoms with E-state index in [1.807, 2.05) is 0 Å². The van der Waals surface area contributed by atoms with Gasteiger partial charge in [-0.3, -0.25) is 9.59 Å². The molecule has 0 amide bonds. The molecule has 0 bridgehead atoms. The number of allylic oxidation sites excluding steroid dienone is 8. The Morgan fingerprint density at radius 1 is 0.561 bits per heavy atom. The highest BCUT2D eigenvalue weighted by atomic mass is 16.5. The molecule has 0 rings (SSSR count). The number of esters is 1. The average Bonchev–Trinajstić information content (AvgIpc) is 2.96. The Hall–Kier alpha value is -2.10. The molecule has 0 radical (unpaired) electrons. The first kappa shape index (κ1) is 38.9. The van der Waals surface area contributed by atoms with Crippen LogP contribution in [0.3, 0.4) is 0 Å². The molecule has 1 atom stereocenters. The first-order valence-corrected chi connectivity index (χ1v) is 17.1. The molecule has 0 aromatic rings. The van der Waals surface area contributed by atoms with E-state index in [2.05, 4.69) is 62.5 Å². The first-order valence-electron chi connectivity index (χ1n) is 17.1. The summed E-state index contributed by atoms with van der Waals surface area (Å²) in [6.07, 6.45) is 43.5. The number of aliphatic carboxylic acids is 1. The van der Waals surface area contributed by atoms with Crippen molar-refractivity contribution in [3.05, 3.63) is 48.6 Å². The van der Waals surface area contributed by atoms with Crippen molar-refractivity contribution in [1.29, 1.82) is 0 Å². The summed E-state index contributed by atoms with van der Waals surface area (Å²) in [4.78, 5) is 22.7. The van der Waals surface area contributed by atoms with Crippen molar-refractivity contribution in [2.24, 2.45) is 0 Å². The number of carbonyl (C=O) groups excluding carboxylic acids is 1. The second kappa shape index (κ2) is 32.4. The molecule has 4 heteroatoms. The van der Waals surface area contributed by atoms with Crippen LogP contribution < -0.4 is 0 Å². The van der Waals surface area contributed by atoms with Gasteiger partial charge < -0.3 is 9.84 Å². The van der Waals surface area contributed by atoms with Crippen LogP contribution in [0.5, 0.6) is 0 Å². The highest BCUT2D eigenvalue weighted by Crippen LogP contribution is 2.15. The van der Waals surface area contributed by atoms with Gasteiger partial charge in [0.2, 0.25) is 0 Å². The number of hydrogen-bond acceptors (Lipinski definition) is 3. The van der Waals surface area contributed by atoms with Crippen molar-refractivity contribution in [1.82, 2.24) is 0 Å². The van der Waals surface area contributed by atoms with Gasteiger partial charge in [0.05, 0.1) is 0 Å². The quantitative estimate of drug-likeness (QED) is 0.0528. The minimum absolute atomic E-state index is 0.0457. The predicted molar refractivity (Wildman–Crippen MR) is 176 cm³/mol. The molecule has 236 valence electrons. The summed E-state index contributed by atoms with van der Waals surface area (Å²) in [5, 5.41) is 8.64. The van der Waals surface area contributed by atoms with E-state index >= 15 is 0 Å². The summed E-state index contributed by atoms with van der Waals surface area (Å²) >= 11 is 0. The van der Waals surface area contributed by atoms with Gasteiger partial charge in [-0.15, -0.1) is 0 Å². The van der Waals surface area contributed by atoms with Crippen molar-refractivity contribution in [2.75, 3.05) is 0 Å². The average molecular weight is 573 g/mol. The number of rotatable bonds is 30. The van der Waals surface area contributed by atoms with Crippen molar-refractivity contribution in [3.8, 4) is 0 Å². The topological polar surface area (TPSA) is 63.6 Å². The Kier molecular flexibility index (Phi) is 30.8. The SMILES string of the molecule is CCCCC/C=C\C/C=C\C/C=C\C/C=C\CCCC(=O)OC(CC)CCCCCCCCCCCCCC(=O)O. The Labute approximate surface area is 253 Å². The standard InChI is InChI=1S/C37H64O4/c1-3-5-6-7-8-9-10-11-12-13-14-15-19-22-25-28-31-34-37(40)41-35(4-2)32-29-26-23-20-17-16-18-21-24-27-30-33-36(38)39/h8-9,11-12,14-15,22,25,35H,3-7,10,13,16-21,23-24,26-34H2,1-2H3,(H,38,39)/b9-8-,12-11-,15-14-,25-22-. The maximum Gasteiger partial charge on any atom is 0.306 e. The van der Waals surface area contributed by atoms with Gasteiger partial charge in [0.1, 0.15) is 6.10 Å². The molecule has 0 aromatic carbocycles. The number of ether oxygens (including phenoxy) is 1. The third kappa shape index (κ3) is 32.3. The maximum absolute atomic E-state index is 12.2. The molecule has 0 fully saturated rings. The van der Waals surface area contributed by atoms with Crippen LogP contribution in [-0.4, -0.2) is 23.1 Å². The molecule has 0 aromatic heterocycles. The monoisotopic (exact) mass is 572 g/mol. The first-order chi connectivity index (χ1) is 20.1. The second-order valence-electron chi connectivity index (χ2n) is 11.3. The Morgan fingerprint density at radius 3 is 1.51 bits per heavy atom. The molecule has 41 heavy (non-hydrogen) atoms. The molecule has 0 spiro atoms. The fraction of sp³-hybridized carbons (Fsp3) is 0.730. The van der Waals surface area contributed by atoms with Crippen LogP contribution in [0.25, 0.3) is 0 Å². The van der Waals surface area contributed by atoms with Gasteiger partial charge in [0, 0.05) is 12.8 Å². The smallest absolute Gasteiger partial charge is 0.306 e. The minimum atomic E-state index is -0.678. The molecule has 0 heterocycles. The molecular weight excluding hydrogens is 508 g/mol. The lowest BCUT2D eigenvalue weighted by Crippen LogP contribution is -2.17. The van der Waals surface area contributed by atoms with Crippen LogP contribution in [0.1, 0.15) is 168 Å². The van der Waals surface area contributed by atoms with Crippen LogP contribution in [0, 0.1) is 0 Å². The van der Waals surface area contributed by atoms with Gasteiger partial charge in [0.15, 0.2) is 0 Å². The summed E-state index contributed by atoms with van der Waals surface area (Å²) in [7, 11) is 0. The van der Waals surface area contributed by atoms with Gasteiger partial charge >= 0.3 is 11.9 Å². The van der Waals surface area contributed by atoms with Crippen molar-refractivity contribution < 1.29 is 19.4 Å². The van der Waals surface area contributed by atoms with Gasteiger partial charge in [0.25, 0.3) is 0 Å². The van der Waals surface area contributed by atoms with Gasteiger partial charge in [-0.2, -0.15) is 0 Å². The summed E-state index contributed by atoms with van der Waals surface area (Å²) in [5.41, 5.74) is 0. The molecular formula is C37H64O4. The van der Waals surface area contributed by atoms with E-state index in [1.54, 1.807) is 0 Å². The largest absolute Gasteiger partial charge is 0.481 e. The van der Waals surface area contributed by atoms with Crippen molar-refractivity contribution in [3.63, 3.8) is 0 Å². The zero-order valence-corrected chi connectivity index (χ0v) is 26.8. The van der Waals surface area contributed by atoms with Crippen LogP contribution in [0.15, 0.2) is 48.6 Å². The molecule has 0 saturated carbocycles.